The van der Waals surface area contributed by atoms with Gasteiger partial charge in [-0.2, -0.15) is 0 Å². The Labute approximate surface area is 215 Å². The number of imidazole rings is 1. The van der Waals surface area contributed by atoms with E-state index >= 15 is 0 Å². The van der Waals surface area contributed by atoms with Crippen LogP contribution in [0.5, 0.6) is 11.5 Å². The van der Waals surface area contributed by atoms with Gasteiger partial charge in [0.2, 0.25) is 5.91 Å². The number of benzene rings is 2. The molecule has 0 aliphatic carbocycles. The first-order valence-corrected chi connectivity index (χ1v) is 12.3. The number of carbonyl (C=O) groups excluding carboxylic acids is 2. The van der Waals surface area contributed by atoms with Gasteiger partial charge in [0, 0.05) is 24.7 Å². The molecule has 0 atom stereocenters. The predicted octanol–water partition coefficient (Wildman–Crippen LogP) is 3.61. The molecule has 3 heterocycles. The van der Waals surface area contributed by atoms with Crippen LogP contribution in [-0.4, -0.2) is 63.4 Å². The van der Waals surface area contributed by atoms with Crippen molar-refractivity contribution in [3.05, 3.63) is 83.7 Å². The summed E-state index contributed by atoms with van der Waals surface area (Å²) >= 11 is 0. The lowest BCUT2D eigenvalue weighted by Crippen LogP contribution is -2.29. The van der Waals surface area contributed by atoms with Gasteiger partial charge in [0.15, 0.2) is 5.65 Å². The Morgan fingerprint density at radius 2 is 1.84 bits per heavy atom. The van der Waals surface area contributed by atoms with Crippen molar-refractivity contribution in [2.24, 2.45) is 5.73 Å². The molecular formula is C28H30N6O3. The maximum Gasteiger partial charge on any atom is 0.254 e. The molecule has 9 nitrogen and oxygen atoms in total. The number of nitrogens with one attached hydrogen (secondary N) is 1. The summed E-state index contributed by atoms with van der Waals surface area (Å²) in [6.07, 6.45) is 5.00. The van der Waals surface area contributed by atoms with Gasteiger partial charge < -0.3 is 20.3 Å². The normalized spacial score (nSPS) is 13.8. The summed E-state index contributed by atoms with van der Waals surface area (Å²) in [4.78, 5) is 34.0. The van der Waals surface area contributed by atoms with Gasteiger partial charge in [-0.15, -0.1) is 0 Å². The molecule has 9 heteroatoms. The number of likely N-dealkylation sites (N-methyl/N-ethyl adjacent to an activating group) is 1. The minimum atomic E-state index is -0.564. The molecule has 37 heavy (non-hydrogen) atoms. The van der Waals surface area contributed by atoms with Gasteiger partial charge in [-0.3, -0.25) is 14.7 Å². The van der Waals surface area contributed by atoms with Crippen LogP contribution in [0.2, 0.25) is 0 Å². The van der Waals surface area contributed by atoms with Gasteiger partial charge in [0.1, 0.15) is 17.1 Å². The van der Waals surface area contributed by atoms with E-state index in [2.05, 4.69) is 5.10 Å². The zero-order valence-electron chi connectivity index (χ0n) is 21.0. The zero-order chi connectivity index (χ0) is 25.9. The third-order valence-electron chi connectivity index (χ3n) is 6.35. The molecule has 1 aliphatic rings. The topological polar surface area (TPSA) is 109 Å². The number of ether oxygens (including phenoxy) is 1. The number of para-hydroxylation sites is 1. The van der Waals surface area contributed by atoms with Crippen LogP contribution < -0.4 is 10.5 Å². The van der Waals surface area contributed by atoms with Crippen LogP contribution in [0.3, 0.4) is 0 Å². The molecule has 190 valence electrons. The highest BCUT2D eigenvalue weighted by molar-refractivity contribution is 6.04. The van der Waals surface area contributed by atoms with Crippen molar-refractivity contribution >= 4 is 17.5 Å². The van der Waals surface area contributed by atoms with Gasteiger partial charge in [-0.05, 0) is 63.3 Å². The molecule has 0 saturated carbocycles. The van der Waals surface area contributed by atoms with E-state index in [-0.39, 0.29) is 5.91 Å². The molecule has 0 bridgehead atoms. The van der Waals surface area contributed by atoms with Gasteiger partial charge in [0.05, 0.1) is 23.6 Å². The number of aromatic nitrogens is 3. The van der Waals surface area contributed by atoms with Crippen molar-refractivity contribution < 1.29 is 14.3 Å². The number of carbonyl (C=O) groups is 2. The number of rotatable bonds is 7. The van der Waals surface area contributed by atoms with E-state index in [0.717, 1.165) is 35.5 Å². The second kappa shape index (κ2) is 10.3. The molecule has 2 aromatic carbocycles. The van der Waals surface area contributed by atoms with Crippen molar-refractivity contribution in [2.75, 3.05) is 27.2 Å². The molecule has 3 N–H and O–H groups in total. The first kappa shape index (κ1) is 24.3. The van der Waals surface area contributed by atoms with Crippen LogP contribution >= 0.6 is 0 Å². The number of amides is 2. The standard InChI is InChI=1S/C28H30N6O3/c1-32(2)16-7-11-24(35)33-17-6-10-22-23(18-33)34-28(30-22)25(27(29)36)26(31-34)19-12-14-21(15-13-19)37-20-8-4-3-5-9-20/h3-5,7-9,11-15,31H,6,10,16-18H2,1-2H3,(H2,29,36). The number of nitrogens with zero attached hydrogens (tertiary/aromatic N) is 4. The fourth-order valence-corrected chi connectivity index (χ4v) is 4.54. The zero-order valence-corrected chi connectivity index (χ0v) is 21.0. The van der Waals surface area contributed by atoms with E-state index in [0.29, 0.717) is 42.3 Å². The lowest BCUT2D eigenvalue weighted by molar-refractivity contribution is -0.126. The summed E-state index contributed by atoms with van der Waals surface area (Å²) in [5, 5.41) is 3.33. The number of hydrogen-bond donors (Lipinski definition) is 2. The van der Waals surface area contributed by atoms with E-state index < -0.39 is 5.91 Å². The largest absolute Gasteiger partial charge is 0.457 e. The molecule has 4 aromatic rings. The third-order valence-corrected chi connectivity index (χ3v) is 6.35. The lowest BCUT2D eigenvalue weighted by Gasteiger charge is -2.18. The lowest BCUT2D eigenvalue weighted by atomic mass is 10.1. The molecule has 0 fully saturated rings. The van der Waals surface area contributed by atoms with Crippen molar-refractivity contribution in [3.8, 4) is 22.8 Å². The number of H-pyrrole nitrogens is 1. The summed E-state index contributed by atoms with van der Waals surface area (Å²) in [7, 11) is 3.91. The molecular weight excluding hydrogens is 468 g/mol. The minimum Gasteiger partial charge on any atom is -0.457 e. The summed E-state index contributed by atoms with van der Waals surface area (Å²) in [6.45, 7) is 1.73. The Kier molecular flexibility index (Phi) is 6.78. The molecule has 2 aromatic heterocycles. The molecule has 5 rings (SSSR count). The highest BCUT2D eigenvalue weighted by atomic mass is 16.5. The van der Waals surface area contributed by atoms with Crippen LogP contribution in [0.1, 0.15) is 28.2 Å². The maximum absolute atomic E-state index is 12.9. The second-order valence-electron chi connectivity index (χ2n) is 9.36. The van der Waals surface area contributed by atoms with Gasteiger partial charge in [-0.25, -0.2) is 9.50 Å². The number of aryl methyl sites for hydroxylation is 1. The SMILES string of the molecule is CN(C)CC=CC(=O)N1CCCc2nc3c(C(N)=O)c(-c4ccc(Oc5ccccc5)cc4)[nH]n3c2C1. The van der Waals surface area contributed by atoms with Gasteiger partial charge in [0.25, 0.3) is 5.91 Å². The molecule has 0 radical (unpaired) electrons. The molecule has 2 amide bonds. The molecule has 0 spiro atoms. The van der Waals surface area contributed by atoms with Crippen molar-refractivity contribution in [1.29, 1.82) is 0 Å². The third kappa shape index (κ3) is 5.12. The Hall–Kier alpha value is -4.37. The minimum absolute atomic E-state index is 0.0411. The number of fused-ring (bicyclic) bond motifs is 3. The average molecular weight is 499 g/mol. The maximum atomic E-state index is 12.9. The first-order chi connectivity index (χ1) is 17.9. The quantitative estimate of drug-likeness (QED) is 0.379. The first-order valence-electron chi connectivity index (χ1n) is 12.3. The fourth-order valence-electron chi connectivity index (χ4n) is 4.54. The van der Waals surface area contributed by atoms with Gasteiger partial charge in [-0.1, -0.05) is 24.3 Å². The Bertz CT molecular complexity index is 1450. The van der Waals surface area contributed by atoms with E-state index in [9.17, 15) is 9.59 Å². The smallest absolute Gasteiger partial charge is 0.254 e. The summed E-state index contributed by atoms with van der Waals surface area (Å²) < 4.78 is 7.69. The van der Waals surface area contributed by atoms with E-state index in [1.54, 1.807) is 10.6 Å². The monoisotopic (exact) mass is 498 g/mol. The van der Waals surface area contributed by atoms with Crippen molar-refractivity contribution in [1.82, 2.24) is 24.4 Å². The number of primary amides is 1. The molecule has 0 saturated heterocycles. The van der Waals surface area contributed by atoms with Crippen LogP contribution in [-0.2, 0) is 17.8 Å². The molecule has 1 aliphatic heterocycles. The van der Waals surface area contributed by atoms with Crippen LogP contribution in [0.15, 0.2) is 66.7 Å². The Morgan fingerprint density at radius 3 is 2.54 bits per heavy atom. The van der Waals surface area contributed by atoms with Crippen LogP contribution in [0, 0.1) is 0 Å². The highest BCUT2D eigenvalue weighted by Crippen LogP contribution is 2.31. The summed E-state index contributed by atoms with van der Waals surface area (Å²) in [6, 6.07) is 17.0. The summed E-state index contributed by atoms with van der Waals surface area (Å²) in [5.41, 5.74) is 9.73. The predicted molar refractivity (Wildman–Crippen MR) is 141 cm³/mol. The van der Waals surface area contributed by atoms with Crippen LogP contribution in [0.4, 0.5) is 0 Å². The fraction of sp³-hybridized carbons (Fsp3) is 0.250. The summed E-state index contributed by atoms with van der Waals surface area (Å²) in [5.74, 6) is 0.813. The average Bonchev–Trinajstić information content (AvgIpc) is 3.32. The number of nitrogens with two attached hydrogens (primary N) is 1. The van der Waals surface area contributed by atoms with Crippen LogP contribution in [0.25, 0.3) is 16.9 Å². The van der Waals surface area contributed by atoms with Crippen molar-refractivity contribution in [2.45, 2.75) is 19.4 Å². The number of hydrogen-bond acceptors (Lipinski definition) is 5. The van der Waals surface area contributed by atoms with Crippen molar-refractivity contribution in [3.63, 3.8) is 0 Å². The number of aromatic amines is 1. The van der Waals surface area contributed by atoms with E-state index in [4.69, 9.17) is 15.5 Å². The Morgan fingerprint density at radius 1 is 1.11 bits per heavy atom. The highest BCUT2D eigenvalue weighted by Gasteiger charge is 2.27. The van der Waals surface area contributed by atoms with E-state index in [1.807, 2.05) is 84.6 Å². The second-order valence-corrected chi connectivity index (χ2v) is 9.36. The van der Waals surface area contributed by atoms with E-state index in [1.165, 1.54) is 0 Å². The Balaban J connectivity index is 1.46. The van der Waals surface area contributed by atoms with Gasteiger partial charge >= 0.3 is 0 Å². The molecule has 0 unspecified atom stereocenters.